The largest absolute Gasteiger partial charge is 0.480 e. The Morgan fingerprint density at radius 1 is 1.00 bits per heavy atom. The molecule has 0 radical (unpaired) electrons. The predicted molar refractivity (Wildman–Crippen MR) is 66.9 cm³/mol. The number of hydrogen-bond acceptors (Lipinski definition) is 3. The van der Waals surface area contributed by atoms with Gasteiger partial charge in [-0.05, 0) is 12.8 Å². The second-order valence-electron chi connectivity index (χ2n) is 4.83. The smallest absolute Gasteiger partial charge is 0.323 e. The summed E-state index contributed by atoms with van der Waals surface area (Å²) in [5.41, 5.74) is 0. The molecule has 1 fully saturated rings. The molecule has 2 N–H and O–H groups in total. The van der Waals surface area contributed by atoms with E-state index in [0.717, 1.165) is 37.0 Å². The minimum absolute atomic E-state index is 0.0753. The molecule has 0 aromatic heterocycles. The van der Waals surface area contributed by atoms with Crippen LogP contribution < -0.4 is 0 Å². The zero-order valence-corrected chi connectivity index (χ0v) is 11.0. The zero-order valence-electron chi connectivity index (χ0n) is 11.0. The number of rotatable bonds is 5. The van der Waals surface area contributed by atoms with Crippen LogP contribution in [0.5, 0.6) is 0 Å². The van der Waals surface area contributed by atoms with Gasteiger partial charge in [0.05, 0.1) is 0 Å². The van der Waals surface area contributed by atoms with Crippen LogP contribution in [0, 0.1) is 0 Å². The van der Waals surface area contributed by atoms with Gasteiger partial charge in [-0.1, -0.05) is 19.3 Å². The lowest BCUT2D eigenvalue weighted by Gasteiger charge is -2.34. The lowest BCUT2D eigenvalue weighted by molar-refractivity contribution is -0.140. The molecule has 0 aromatic carbocycles. The molecule has 108 valence electrons. The monoisotopic (exact) mass is 272 g/mol. The number of hydrogen-bond donors (Lipinski definition) is 2. The number of carbonyl (C=O) groups is 3. The van der Waals surface area contributed by atoms with Gasteiger partial charge in [-0.3, -0.25) is 9.59 Å². The third-order valence-corrected chi connectivity index (χ3v) is 3.35. The highest BCUT2D eigenvalue weighted by Crippen LogP contribution is 2.22. The normalized spacial score (nSPS) is 15.8. The van der Waals surface area contributed by atoms with E-state index < -0.39 is 31.1 Å². The van der Waals surface area contributed by atoms with Crippen LogP contribution in [0.2, 0.25) is 0 Å². The fourth-order valence-corrected chi connectivity index (χ4v) is 2.37. The summed E-state index contributed by atoms with van der Waals surface area (Å²) in [6.45, 7) is -1.19. The van der Waals surface area contributed by atoms with Gasteiger partial charge in [-0.2, -0.15) is 0 Å². The van der Waals surface area contributed by atoms with Gasteiger partial charge in [-0.25, -0.2) is 4.79 Å². The summed E-state index contributed by atoms with van der Waals surface area (Å²) in [6.07, 6.45) is 5.00. The number of carboxylic acid groups (broad SMARTS) is 2. The van der Waals surface area contributed by atoms with Crippen LogP contribution in [0.15, 0.2) is 0 Å². The third kappa shape index (κ3) is 4.76. The molecule has 0 bridgehead atoms. The van der Waals surface area contributed by atoms with E-state index in [2.05, 4.69) is 0 Å². The molecule has 0 heterocycles. The molecule has 0 aliphatic heterocycles. The van der Waals surface area contributed by atoms with Crippen LogP contribution in [-0.4, -0.2) is 64.2 Å². The van der Waals surface area contributed by atoms with E-state index >= 15 is 0 Å². The second kappa shape index (κ2) is 6.96. The number of urea groups is 1. The van der Waals surface area contributed by atoms with E-state index in [4.69, 9.17) is 10.2 Å². The highest BCUT2D eigenvalue weighted by Gasteiger charge is 2.28. The summed E-state index contributed by atoms with van der Waals surface area (Å²) >= 11 is 0. The number of amides is 2. The Kier molecular flexibility index (Phi) is 5.59. The molecule has 0 atom stereocenters. The molecule has 7 nitrogen and oxygen atoms in total. The lowest BCUT2D eigenvalue weighted by atomic mass is 9.95. The van der Waals surface area contributed by atoms with Crippen molar-refractivity contribution < 1.29 is 24.6 Å². The van der Waals surface area contributed by atoms with E-state index in [-0.39, 0.29) is 6.04 Å². The molecule has 7 heteroatoms. The fraction of sp³-hybridized carbons (Fsp3) is 0.750. The molecular formula is C12H20N2O5. The molecule has 0 saturated heterocycles. The summed E-state index contributed by atoms with van der Waals surface area (Å²) in [7, 11) is 1.61. The number of carboxylic acids is 2. The molecule has 1 saturated carbocycles. The van der Waals surface area contributed by atoms with Crippen molar-refractivity contribution in [3.05, 3.63) is 0 Å². The Morgan fingerprint density at radius 2 is 1.47 bits per heavy atom. The molecule has 0 unspecified atom stereocenters. The van der Waals surface area contributed by atoms with Gasteiger partial charge in [0.1, 0.15) is 13.1 Å². The number of aliphatic carboxylic acids is 2. The van der Waals surface area contributed by atoms with Crippen LogP contribution in [-0.2, 0) is 9.59 Å². The standard InChI is InChI=1S/C12H20N2O5/c1-13(9-5-3-2-4-6-9)12(19)14(7-10(15)16)8-11(17)18/h9H,2-8H2,1H3,(H,15,16)(H,17,18). The van der Waals surface area contributed by atoms with Gasteiger partial charge in [0, 0.05) is 13.1 Å². The van der Waals surface area contributed by atoms with Gasteiger partial charge < -0.3 is 20.0 Å². The minimum atomic E-state index is -1.22. The van der Waals surface area contributed by atoms with Crippen LogP contribution in [0.4, 0.5) is 4.79 Å². The van der Waals surface area contributed by atoms with E-state index in [1.54, 1.807) is 7.05 Å². The van der Waals surface area contributed by atoms with Crippen molar-refractivity contribution in [3.8, 4) is 0 Å². The first-order valence-corrected chi connectivity index (χ1v) is 6.37. The number of nitrogens with zero attached hydrogens (tertiary/aromatic N) is 2. The summed E-state index contributed by atoms with van der Waals surface area (Å²) in [5.74, 6) is -2.43. The maximum absolute atomic E-state index is 12.1. The summed E-state index contributed by atoms with van der Waals surface area (Å²) in [6, 6.07) is -0.456. The number of carbonyl (C=O) groups excluding carboxylic acids is 1. The van der Waals surface area contributed by atoms with Crippen LogP contribution in [0.1, 0.15) is 32.1 Å². The Bertz CT molecular complexity index is 336. The molecule has 19 heavy (non-hydrogen) atoms. The lowest BCUT2D eigenvalue weighted by Crippen LogP contribution is -2.49. The Labute approximate surface area is 111 Å². The molecule has 2 amide bonds. The summed E-state index contributed by atoms with van der Waals surface area (Å²) < 4.78 is 0. The quantitative estimate of drug-likeness (QED) is 0.772. The first-order valence-electron chi connectivity index (χ1n) is 6.37. The van der Waals surface area contributed by atoms with E-state index in [1.807, 2.05) is 0 Å². The van der Waals surface area contributed by atoms with Crippen LogP contribution in [0.25, 0.3) is 0 Å². The van der Waals surface area contributed by atoms with E-state index in [1.165, 1.54) is 4.90 Å². The molecule has 1 rings (SSSR count). The highest BCUT2D eigenvalue weighted by molar-refractivity contribution is 5.84. The van der Waals surface area contributed by atoms with E-state index in [0.29, 0.717) is 0 Å². The van der Waals surface area contributed by atoms with Crippen molar-refractivity contribution in [2.24, 2.45) is 0 Å². The van der Waals surface area contributed by atoms with Crippen molar-refractivity contribution in [2.45, 2.75) is 38.1 Å². The van der Waals surface area contributed by atoms with Crippen LogP contribution in [0.3, 0.4) is 0 Å². The second-order valence-corrected chi connectivity index (χ2v) is 4.83. The maximum Gasteiger partial charge on any atom is 0.323 e. The Morgan fingerprint density at radius 3 is 1.89 bits per heavy atom. The summed E-state index contributed by atoms with van der Waals surface area (Å²) in [5, 5.41) is 17.5. The van der Waals surface area contributed by atoms with Crippen molar-refractivity contribution in [3.63, 3.8) is 0 Å². The maximum atomic E-state index is 12.1. The highest BCUT2D eigenvalue weighted by atomic mass is 16.4. The SMILES string of the molecule is CN(C(=O)N(CC(=O)O)CC(=O)O)C1CCCCC1. The fourth-order valence-electron chi connectivity index (χ4n) is 2.37. The van der Waals surface area contributed by atoms with Gasteiger partial charge in [0.2, 0.25) is 0 Å². The van der Waals surface area contributed by atoms with Crippen molar-refractivity contribution >= 4 is 18.0 Å². The molecule has 0 spiro atoms. The molecule has 1 aliphatic carbocycles. The predicted octanol–water partition coefficient (Wildman–Crippen LogP) is 0.842. The van der Waals surface area contributed by atoms with Gasteiger partial charge >= 0.3 is 18.0 Å². The average Bonchev–Trinajstić information content (AvgIpc) is 2.36. The van der Waals surface area contributed by atoms with Crippen molar-refractivity contribution in [1.82, 2.24) is 9.80 Å². The molecule has 1 aliphatic rings. The Balaban J connectivity index is 2.67. The average molecular weight is 272 g/mol. The first-order chi connectivity index (χ1) is 8.91. The van der Waals surface area contributed by atoms with Gasteiger partial charge in [-0.15, -0.1) is 0 Å². The van der Waals surface area contributed by atoms with Gasteiger partial charge in [0.15, 0.2) is 0 Å². The minimum Gasteiger partial charge on any atom is -0.480 e. The summed E-state index contributed by atoms with van der Waals surface area (Å²) in [4.78, 5) is 35.8. The topological polar surface area (TPSA) is 98.2 Å². The van der Waals surface area contributed by atoms with Crippen molar-refractivity contribution in [1.29, 1.82) is 0 Å². The Hall–Kier alpha value is -1.79. The van der Waals surface area contributed by atoms with E-state index in [9.17, 15) is 14.4 Å². The van der Waals surface area contributed by atoms with Crippen LogP contribution >= 0.6 is 0 Å². The van der Waals surface area contributed by atoms with Gasteiger partial charge in [0.25, 0.3) is 0 Å². The first kappa shape index (κ1) is 15.3. The molecule has 0 aromatic rings. The third-order valence-electron chi connectivity index (χ3n) is 3.35. The zero-order chi connectivity index (χ0) is 14.4. The molecular weight excluding hydrogens is 252 g/mol. The van der Waals surface area contributed by atoms with Crippen molar-refractivity contribution in [2.75, 3.05) is 20.1 Å².